The summed E-state index contributed by atoms with van der Waals surface area (Å²) in [5, 5.41) is 8.52. The molecule has 1 aliphatic carbocycles. The molecule has 0 aromatic heterocycles. The highest BCUT2D eigenvalue weighted by Gasteiger charge is 2.72. The molecule has 2 aromatic rings. The van der Waals surface area contributed by atoms with Gasteiger partial charge >= 0.3 is 0 Å². The number of hydrogen-bond donors (Lipinski definition) is 0. The van der Waals surface area contributed by atoms with Crippen LogP contribution in [0.4, 0.5) is 0 Å². The summed E-state index contributed by atoms with van der Waals surface area (Å²) in [6.45, 7) is 3.90. The Morgan fingerprint density at radius 2 is 1.72 bits per heavy atom. The zero-order valence-electron chi connectivity index (χ0n) is 14.1. The van der Waals surface area contributed by atoms with Gasteiger partial charge in [0.2, 0.25) is 0 Å². The molecule has 25 heavy (non-hydrogen) atoms. The van der Waals surface area contributed by atoms with Gasteiger partial charge in [0.15, 0.2) is 9.84 Å². The first kappa shape index (κ1) is 17.4. The Kier molecular flexibility index (Phi) is 4.26. The van der Waals surface area contributed by atoms with Crippen LogP contribution in [0.5, 0.6) is 0 Å². The van der Waals surface area contributed by atoms with Crippen molar-refractivity contribution in [2.75, 3.05) is 0 Å². The van der Waals surface area contributed by atoms with Crippen molar-refractivity contribution in [2.24, 2.45) is 5.41 Å². The monoisotopic (exact) mass is 353 g/mol. The normalized spacial score (nSPS) is 25.2. The van der Waals surface area contributed by atoms with Crippen LogP contribution >= 0.6 is 0 Å². The van der Waals surface area contributed by atoms with E-state index in [4.69, 9.17) is 0 Å². The van der Waals surface area contributed by atoms with Gasteiger partial charge < -0.3 is 4.79 Å². The predicted molar refractivity (Wildman–Crippen MR) is 94.8 cm³/mol. The van der Waals surface area contributed by atoms with Crippen LogP contribution < -0.4 is 0 Å². The Balaban J connectivity index is 2.05. The molecular formula is C20H19NO3S. The molecule has 0 radical (unpaired) electrons. The SMILES string of the molecule is CCc1ccc([C@@H]2[C@H](S(=O)(=O)c3ccc(C)cc3)[C@]2(C#N)C=O)cc1. The van der Waals surface area contributed by atoms with Crippen LogP contribution in [-0.4, -0.2) is 20.0 Å². The van der Waals surface area contributed by atoms with Crippen molar-refractivity contribution in [1.29, 1.82) is 5.26 Å². The molecule has 0 aliphatic heterocycles. The Morgan fingerprint density at radius 1 is 1.12 bits per heavy atom. The van der Waals surface area contributed by atoms with Crippen molar-refractivity contribution in [3.63, 3.8) is 0 Å². The van der Waals surface area contributed by atoms with E-state index in [9.17, 15) is 18.5 Å². The van der Waals surface area contributed by atoms with Crippen molar-refractivity contribution in [2.45, 2.75) is 36.3 Å². The molecule has 128 valence electrons. The van der Waals surface area contributed by atoms with Gasteiger partial charge in [0.25, 0.3) is 0 Å². The van der Waals surface area contributed by atoms with Crippen LogP contribution in [0, 0.1) is 23.7 Å². The van der Waals surface area contributed by atoms with Crippen LogP contribution in [-0.2, 0) is 21.1 Å². The van der Waals surface area contributed by atoms with Gasteiger partial charge in [-0.15, -0.1) is 0 Å². The van der Waals surface area contributed by atoms with Crippen molar-refractivity contribution < 1.29 is 13.2 Å². The maximum atomic E-state index is 13.0. The van der Waals surface area contributed by atoms with Gasteiger partial charge in [0, 0.05) is 5.92 Å². The fourth-order valence-corrected chi connectivity index (χ4v) is 5.63. The van der Waals surface area contributed by atoms with Crippen LogP contribution in [0.2, 0.25) is 0 Å². The van der Waals surface area contributed by atoms with Gasteiger partial charge in [0.05, 0.1) is 11.0 Å². The average Bonchev–Trinajstić information content (AvgIpc) is 3.33. The van der Waals surface area contributed by atoms with E-state index >= 15 is 0 Å². The Hall–Kier alpha value is -2.45. The molecule has 0 spiro atoms. The van der Waals surface area contributed by atoms with E-state index in [2.05, 4.69) is 0 Å². The van der Waals surface area contributed by atoms with E-state index < -0.39 is 26.4 Å². The number of rotatable bonds is 5. The summed E-state index contributed by atoms with van der Waals surface area (Å²) in [6.07, 6.45) is 1.37. The lowest BCUT2D eigenvalue weighted by Gasteiger charge is -2.05. The van der Waals surface area contributed by atoms with Crippen LogP contribution in [0.25, 0.3) is 0 Å². The summed E-state index contributed by atoms with van der Waals surface area (Å²) in [6, 6.07) is 15.9. The molecule has 1 aliphatic rings. The number of carbonyl (C=O) groups is 1. The lowest BCUT2D eigenvalue weighted by molar-refractivity contribution is -0.110. The van der Waals surface area contributed by atoms with Gasteiger partial charge in [-0.2, -0.15) is 5.26 Å². The minimum Gasteiger partial charge on any atom is -0.302 e. The van der Waals surface area contributed by atoms with Crippen molar-refractivity contribution in [3.05, 3.63) is 65.2 Å². The molecular weight excluding hydrogens is 334 g/mol. The molecule has 3 rings (SSSR count). The van der Waals surface area contributed by atoms with E-state index in [1.165, 1.54) is 12.1 Å². The molecule has 0 amide bonds. The van der Waals surface area contributed by atoms with Gasteiger partial charge in [-0.05, 0) is 36.6 Å². The fourth-order valence-electron chi connectivity index (χ4n) is 3.40. The van der Waals surface area contributed by atoms with Crippen molar-refractivity contribution in [1.82, 2.24) is 0 Å². The lowest BCUT2D eigenvalue weighted by Crippen LogP contribution is -2.16. The van der Waals surface area contributed by atoms with E-state index in [0.717, 1.165) is 17.5 Å². The first-order valence-corrected chi connectivity index (χ1v) is 9.72. The number of sulfone groups is 1. The highest BCUT2D eigenvalue weighted by Crippen LogP contribution is 2.62. The van der Waals surface area contributed by atoms with Gasteiger partial charge in [-0.25, -0.2) is 8.42 Å². The Morgan fingerprint density at radius 3 is 2.20 bits per heavy atom. The summed E-state index contributed by atoms with van der Waals surface area (Å²) in [4.78, 5) is 11.8. The van der Waals surface area contributed by atoms with Crippen molar-refractivity contribution in [3.8, 4) is 6.07 Å². The third kappa shape index (κ3) is 2.67. The lowest BCUT2D eigenvalue weighted by atomic mass is 10.0. The molecule has 4 nitrogen and oxygen atoms in total. The van der Waals surface area contributed by atoms with E-state index in [0.29, 0.717) is 11.8 Å². The zero-order valence-corrected chi connectivity index (χ0v) is 15.0. The van der Waals surface area contributed by atoms with Gasteiger partial charge in [-0.3, -0.25) is 0 Å². The van der Waals surface area contributed by atoms with E-state index in [1.807, 2.05) is 44.2 Å². The number of nitriles is 1. The molecule has 5 heteroatoms. The highest BCUT2D eigenvalue weighted by atomic mass is 32.2. The molecule has 0 N–H and O–H groups in total. The summed E-state index contributed by atoms with van der Waals surface area (Å²) >= 11 is 0. The molecule has 0 saturated heterocycles. The highest BCUT2D eigenvalue weighted by molar-refractivity contribution is 7.92. The van der Waals surface area contributed by atoms with Crippen LogP contribution in [0.1, 0.15) is 29.5 Å². The minimum atomic E-state index is -3.78. The summed E-state index contributed by atoms with van der Waals surface area (Å²) in [7, 11) is -3.78. The maximum Gasteiger partial charge on any atom is 0.183 e. The summed E-state index contributed by atoms with van der Waals surface area (Å²) in [5.41, 5.74) is 1.27. The first-order chi connectivity index (χ1) is 11.9. The molecule has 1 fully saturated rings. The Labute approximate surface area is 148 Å². The van der Waals surface area contributed by atoms with E-state index in [-0.39, 0.29) is 4.90 Å². The number of hydrogen-bond acceptors (Lipinski definition) is 4. The molecule has 0 heterocycles. The fraction of sp³-hybridized carbons (Fsp3) is 0.300. The smallest absolute Gasteiger partial charge is 0.183 e. The topological polar surface area (TPSA) is 75.0 Å². The van der Waals surface area contributed by atoms with Gasteiger partial charge in [-0.1, -0.05) is 48.9 Å². The van der Waals surface area contributed by atoms with Crippen LogP contribution in [0.3, 0.4) is 0 Å². The van der Waals surface area contributed by atoms with Gasteiger partial charge in [0.1, 0.15) is 17.0 Å². The minimum absolute atomic E-state index is 0.150. The van der Waals surface area contributed by atoms with Crippen LogP contribution in [0.15, 0.2) is 53.4 Å². The summed E-state index contributed by atoms with van der Waals surface area (Å²) in [5.74, 6) is -0.632. The quantitative estimate of drug-likeness (QED) is 0.774. The standard InChI is InChI=1S/C20H19NO3S/c1-3-15-6-8-16(9-7-15)18-19(20(18,12-21)13-22)25(23,24)17-10-4-14(2)5-11-17/h4-11,13,18-19H,3H2,1-2H3/t18-,19+,20-/m1/s1. The number of aldehydes is 1. The third-order valence-electron chi connectivity index (χ3n) is 5.00. The second kappa shape index (κ2) is 6.12. The third-order valence-corrected chi connectivity index (χ3v) is 7.26. The first-order valence-electron chi connectivity index (χ1n) is 8.17. The number of aryl methyl sites for hydroxylation is 2. The molecule has 1 saturated carbocycles. The van der Waals surface area contributed by atoms with Crippen molar-refractivity contribution >= 4 is 16.1 Å². The van der Waals surface area contributed by atoms with E-state index in [1.54, 1.807) is 12.1 Å². The molecule has 0 bridgehead atoms. The number of nitrogens with zero attached hydrogens (tertiary/aromatic N) is 1. The zero-order chi connectivity index (χ0) is 18.2. The Bertz CT molecular complexity index is 940. The molecule has 2 aromatic carbocycles. The second-order valence-electron chi connectivity index (χ2n) is 6.51. The molecule has 0 unspecified atom stereocenters. The number of benzene rings is 2. The molecule has 3 atom stereocenters. The largest absolute Gasteiger partial charge is 0.302 e. The average molecular weight is 353 g/mol. The number of carbonyl (C=O) groups excluding carboxylic acids is 1. The predicted octanol–water partition coefficient (Wildman–Crippen LogP) is 3.21. The summed E-state index contributed by atoms with van der Waals surface area (Å²) < 4.78 is 26.1. The maximum absolute atomic E-state index is 13.0. The second-order valence-corrected chi connectivity index (χ2v) is 8.58.